The molecule has 118 valence electrons. The summed E-state index contributed by atoms with van der Waals surface area (Å²) in [5.74, 6) is 0.733. The normalized spacial score (nSPS) is 26.9. The molecule has 0 heterocycles. The summed E-state index contributed by atoms with van der Waals surface area (Å²) in [6, 6.07) is 6.14. The van der Waals surface area contributed by atoms with E-state index >= 15 is 0 Å². The third-order valence-corrected chi connectivity index (χ3v) is 6.01. The van der Waals surface area contributed by atoms with Crippen molar-refractivity contribution in [3.05, 3.63) is 34.3 Å². The summed E-state index contributed by atoms with van der Waals surface area (Å²) in [5, 5.41) is 11.7. The van der Waals surface area contributed by atoms with Gasteiger partial charge >= 0.3 is 0 Å². The molecule has 1 saturated carbocycles. The molecule has 1 aliphatic rings. The molecule has 0 bridgehead atoms. The predicted molar refractivity (Wildman–Crippen MR) is 90.9 cm³/mol. The van der Waals surface area contributed by atoms with Crippen molar-refractivity contribution < 1.29 is 5.11 Å². The summed E-state index contributed by atoms with van der Waals surface area (Å²) in [7, 11) is 0. The van der Waals surface area contributed by atoms with Gasteiger partial charge in [-0.15, -0.1) is 0 Å². The number of aryl methyl sites for hydroxylation is 1. The first kappa shape index (κ1) is 16.8. The lowest BCUT2D eigenvalue weighted by Gasteiger charge is -2.42. The molecule has 1 aromatic carbocycles. The van der Waals surface area contributed by atoms with E-state index in [2.05, 4.69) is 32.9 Å². The van der Waals surface area contributed by atoms with Gasteiger partial charge in [0.1, 0.15) is 0 Å². The number of hydrogen-bond donors (Lipinski definition) is 1. The summed E-state index contributed by atoms with van der Waals surface area (Å²) in [6.45, 7) is 9.03. The Morgan fingerprint density at radius 2 is 1.90 bits per heavy atom. The highest BCUT2D eigenvalue weighted by Crippen LogP contribution is 2.44. The van der Waals surface area contributed by atoms with Crippen LogP contribution in [0.2, 0.25) is 5.02 Å². The molecule has 1 N–H and O–H groups in total. The van der Waals surface area contributed by atoms with Crippen molar-refractivity contribution in [1.82, 2.24) is 0 Å². The van der Waals surface area contributed by atoms with Gasteiger partial charge in [0, 0.05) is 11.4 Å². The molecule has 0 radical (unpaired) electrons. The van der Waals surface area contributed by atoms with E-state index in [0.29, 0.717) is 11.8 Å². The summed E-state index contributed by atoms with van der Waals surface area (Å²) < 4.78 is 0. The molecule has 0 amide bonds. The molecule has 1 fully saturated rings. The summed E-state index contributed by atoms with van der Waals surface area (Å²) in [6.07, 6.45) is 5.93. The highest BCUT2D eigenvalue weighted by atomic mass is 35.5. The molecule has 1 aromatic rings. The Morgan fingerprint density at radius 3 is 2.43 bits per heavy atom. The van der Waals surface area contributed by atoms with Crippen LogP contribution in [0.3, 0.4) is 0 Å². The molecular formula is C19H29ClO. The van der Waals surface area contributed by atoms with Crippen molar-refractivity contribution >= 4 is 11.6 Å². The van der Waals surface area contributed by atoms with E-state index in [9.17, 15) is 5.11 Å². The second kappa shape index (κ2) is 6.30. The van der Waals surface area contributed by atoms with Crippen LogP contribution in [-0.2, 0) is 6.42 Å². The number of aliphatic hydroxyl groups is 1. The minimum Gasteiger partial charge on any atom is -0.390 e. The maximum Gasteiger partial charge on any atom is 0.0688 e. The molecule has 0 spiro atoms. The fourth-order valence-corrected chi connectivity index (χ4v) is 3.85. The van der Waals surface area contributed by atoms with Crippen LogP contribution in [0, 0.1) is 18.3 Å². The fourth-order valence-electron chi connectivity index (χ4n) is 3.55. The highest BCUT2D eigenvalue weighted by Gasteiger charge is 2.38. The smallest absolute Gasteiger partial charge is 0.0688 e. The lowest BCUT2D eigenvalue weighted by atomic mass is 9.65. The SMILES string of the molecule is CCC(C)(C)C1CCC(O)(Cc2ccc(C)cc2Cl)CC1. The third kappa shape index (κ3) is 4.02. The van der Waals surface area contributed by atoms with E-state index in [1.54, 1.807) is 0 Å². The quantitative estimate of drug-likeness (QED) is 0.773. The van der Waals surface area contributed by atoms with Crippen LogP contribution in [0.1, 0.15) is 64.0 Å². The van der Waals surface area contributed by atoms with Crippen LogP contribution in [0.25, 0.3) is 0 Å². The third-order valence-electron chi connectivity index (χ3n) is 5.66. The first-order valence-electron chi connectivity index (χ1n) is 8.23. The van der Waals surface area contributed by atoms with Crippen molar-refractivity contribution in [3.63, 3.8) is 0 Å². The zero-order valence-corrected chi connectivity index (χ0v) is 14.6. The maximum absolute atomic E-state index is 10.9. The van der Waals surface area contributed by atoms with Gasteiger partial charge in [-0.25, -0.2) is 0 Å². The minimum absolute atomic E-state index is 0.392. The van der Waals surface area contributed by atoms with Crippen LogP contribution in [0.4, 0.5) is 0 Å². The first-order chi connectivity index (χ1) is 9.76. The Labute approximate surface area is 134 Å². The van der Waals surface area contributed by atoms with E-state index in [0.717, 1.165) is 42.2 Å². The largest absolute Gasteiger partial charge is 0.390 e. The van der Waals surface area contributed by atoms with Gasteiger partial charge in [-0.1, -0.05) is 50.9 Å². The zero-order valence-electron chi connectivity index (χ0n) is 13.9. The van der Waals surface area contributed by atoms with E-state index in [1.165, 1.54) is 12.0 Å². The van der Waals surface area contributed by atoms with E-state index in [1.807, 2.05) is 13.0 Å². The van der Waals surface area contributed by atoms with Crippen molar-refractivity contribution in [2.45, 2.75) is 71.8 Å². The fraction of sp³-hybridized carbons (Fsp3) is 0.684. The van der Waals surface area contributed by atoms with Crippen LogP contribution >= 0.6 is 11.6 Å². The summed E-state index contributed by atoms with van der Waals surface area (Å²) in [4.78, 5) is 0. The number of benzene rings is 1. The number of halogens is 1. The van der Waals surface area contributed by atoms with Gasteiger partial charge in [0.25, 0.3) is 0 Å². The van der Waals surface area contributed by atoms with E-state index in [-0.39, 0.29) is 0 Å². The van der Waals surface area contributed by atoms with Gasteiger partial charge in [0.05, 0.1) is 5.60 Å². The standard InChI is InChI=1S/C19H29ClO/c1-5-18(3,4)16-8-10-19(21,11-9-16)13-15-7-6-14(2)12-17(15)20/h6-7,12,16,21H,5,8-11,13H2,1-4H3. The summed E-state index contributed by atoms with van der Waals surface area (Å²) in [5.41, 5.74) is 2.07. The Balaban J connectivity index is 2.02. The van der Waals surface area contributed by atoms with Gasteiger partial charge in [-0.05, 0) is 61.1 Å². The molecule has 0 unspecified atom stereocenters. The van der Waals surface area contributed by atoms with Crippen LogP contribution < -0.4 is 0 Å². The first-order valence-corrected chi connectivity index (χ1v) is 8.61. The second-order valence-electron chi connectivity index (χ2n) is 7.61. The molecule has 0 atom stereocenters. The molecule has 2 rings (SSSR count). The molecule has 1 aliphatic carbocycles. The Kier molecular flexibility index (Phi) is 5.05. The minimum atomic E-state index is -0.570. The van der Waals surface area contributed by atoms with Crippen molar-refractivity contribution in [2.75, 3.05) is 0 Å². The van der Waals surface area contributed by atoms with Crippen LogP contribution in [0.15, 0.2) is 18.2 Å². The molecule has 1 nitrogen and oxygen atoms in total. The zero-order chi connectivity index (χ0) is 15.7. The Hall–Kier alpha value is -0.530. The van der Waals surface area contributed by atoms with Gasteiger partial charge in [0.15, 0.2) is 0 Å². The van der Waals surface area contributed by atoms with E-state index < -0.39 is 5.60 Å². The van der Waals surface area contributed by atoms with Crippen molar-refractivity contribution in [2.24, 2.45) is 11.3 Å². The van der Waals surface area contributed by atoms with Crippen LogP contribution in [-0.4, -0.2) is 10.7 Å². The number of hydrogen-bond acceptors (Lipinski definition) is 1. The average Bonchev–Trinajstić information content (AvgIpc) is 2.42. The maximum atomic E-state index is 10.9. The van der Waals surface area contributed by atoms with Gasteiger partial charge in [-0.2, -0.15) is 0 Å². The molecular weight excluding hydrogens is 280 g/mol. The van der Waals surface area contributed by atoms with Gasteiger partial charge in [-0.3, -0.25) is 0 Å². The Bertz CT molecular complexity index is 484. The monoisotopic (exact) mass is 308 g/mol. The second-order valence-corrected chi connectivity index (χ2v) is 8.02. The van der Waals surface area contributed by atoms with E-state index in [4.69, 9.17) is 11.6 Å². The van der Waals surface area contributed by atoms with Gasteiger partial charge < -0.3 is 5.11 Å². The molecule has 0 aromatic heterocycles. The van der Waals surface area contributed by atoms with Crippen molar-refractivity contribution in [1.29, 1.82) is 0 Å². The molecule has 0 aliphatic heterocycles. The van der Waals surface area contributed by atoms with Gasteiger partial charge in [0.2, 0.25) is 0 Å². The lowest BCUT2D eigenvalue weighted by molar-refractivity contribution is -0.0276. The molecule has 21 heavy (non-hydrogen) atoms. The van der Waals surface area contributed by atoms with Crippen LogP contribution in [0.5, 0.6) is 0 Å². The lowest BCUT2D eigenvalue weighted by Crippen LogP contribution is -2.39. The topological polar surface area (TPSA) is 20.2 Å². The number of rotatable bonds is 4. The summed E-state index contributed by atoms with van der Waals surface area (Å²) >= 11 is 6.32. The molecule has 2 heteroatoms. The predicted octanol–water partition coefficient (Wildman–Crippen LogP) is 5.55. The Morgan fingerprint density at radius 1 is 1.29 bits per heavy atom. The highest BCUT2D eigenvalue weighted by molar-refractivity contribution is 6.31. The van der Waals surface area contributed by atoms with Crippen molar-refractivity contribution in [3.8, 4) is 0 Å². The molecule has 0 saturated heterocycles. The average molecular weight is 309 g/mol.